The van der Waals surface area contributed by atoms with Crippen molar-refractivity contribution in [3.05, 3.63) is 48.5 Å². The van der Waals surface area contributed by atoms with Gasteiger partial charge < -0.3 is 9.84 Å². The van der Waals surface area contributed by atoms with Crippen molar-refractivity contribution in [2.75, 3.05) is 7.11 Å². The number of carbonyl (C=O) groups excluding carboxylic acids is 1. The molecule has 0 aliphatic rings. The molecule has 1 N–H and O–H groups in total. The number of allylic oxidation sites excluding steroid dienone is 5. The van der Waals surface area contributed by atoms with E-state index >= 15 is 0 Å². The van der Waals surface area contributed by atoms with Gasteiger partial charge in [0.05, 0.1) is 7.11 Å². The highest BCUT2D eigenvalue weighted by Gasteiger charge is 2.01. The number of aliphatic hydroxyl groups is 1. The van der Waals surface area contributed by atoms with Crippen molar-refractivity contribution in [3.8, 4) is 0 Å². The fraction of sp³-hybridized carbons (Fsp3) is 0.571. The van der Waals surface area contributed by atoms with E-state index in [-0.39, 0.29) is 5.78 Å². The fourth-order valence-electron chi connectivity index (χ4n) is 2.35. The molecule has 3 heteroatoms. The van der Waals surface area contributed by atoms with Gasteiger partial charge >= 0.3 is 0 Å². The molecule has 0 saturated carbocycles. The molecule has 24 heavy (non-hydrogen) atoms. The van der Waals surface area contributed by atoms with E-state index in [2.05, 4.69) is 13.5 Å². The van der Waals surface area contributed by atoms with Gasteiger partial charge in [0.2, 0.25) is 0 Å². The third-order valence-electron chi connectivity index (χ3n) is 3.89. The van der Waals surface area contributed by atoms with Crippen molar-refractivity contribution >= 4 is 5.78 Å². The summed E-state index contributed by atoms with van der Waals surface area (Å²) in [5.74, 6) is 0.476. The van der Waals surface area contributed by atoms with Gasteiger partial charge in [-0.2, -0.15) is 0 Å². The van der Waals surface area contributed by atoms with E-state index in [0.29, 0.717) is 18.6 Å². The van der Waals surface area contributed by atoms with Gasteiger partial charge in [0.15, 0.2) is 11.5 Å². The van der Waals surface area contributed by atoms with Crippen LogP contribution in [0.3, 0.4) is 0 Å². The average Bonchev–Trinajstić information content (AvgIpc) is 2.60. The molecule has 0 spiro atoms. The molecule has 0 rings (SSSR count). The summed E-state index contributed by atoms with van der Waals surface area (Å²) < 4.78 is 4.96. The number of aliphatic hydroxyl groups excluding tert-OH is 1. The van der Waals surface area contributed by atoms with Crippen molar-refractivity contribution in [2.45, 2.75) is 71.1 Å². The van der Waals surface area contributed by atoms with E-state index in [1.54, 1.807) is 18.2 Å². The number of unbranched alkanes of at least 4 members (excludes halogenated alkanes) is 7. The van der Waals surface area contributed by atoms with Gasteiger partial charge in [0, 0.05) is 6.42 Å². The Morgan fingerprint density at radius 3 is 2.33 bits per heavy atom. The molecule has 0 aliphatic heterocycles. The Bertz CT molecular complexity index is 430. The Morgan fingerprint density at radius 2 is 1.75 bits per heavy atom. The van der Waals surface area contributed by atoms with E-state index in [9.17, 15) is 4.79 Å². The molecule has 3 nitrogen and oxygen atoms in total. The first kappa shape index (κ1) is 22.2. The number of carbonyl (C=O) groups is 1. The molecule has 0 saturated heterocycles. The number of hydrogen-bond acceptors (Lipinski definition) is 3. The molecule has 0 fully saturated rings. The maximum Gasteiger partial charge on any atom is 0.155 e. The molecule has 0 radical (unpaired) electrons. The van der Waals surface area contributed by atoms with Gasteiger partial charge in [0.25, 0.3) is 0 Å². The van der Waals surface area contributed by atoms with Crippen molar-refractivity contribution in [3.63, 3.8) is 0 Å². The van der Waals surface area contributed by atoms with Crippen LogP contribution in [0.25, 0.3) is 0 Å². The third-order valence-corrected chi connectivity index (χ3v) is 3.89. The lowest BCUT2D eigenvalue weighted by molar-refractivity contribution is -0.114. The van der Waals surface area contributed by atoms with Crippen LogP contribution in [0.1, 0.15) is 71.1 Å². The summed E-state index contributed by atoms with van der Waals surface area (Å²) >= 11 is 0. The van der Waals surface area contributed by atoms with Crippen LogP contribution in [0.4, 0.5) is 0 Å². The van der Waals surface area contributed by atoms with E-state index in [1.165, 1.54) is 45.6 Å². The molecule has 0 heterocycles. The average molecular weight is 335 g/mol. The molecule has 0 atom stereocenters. The molecular formula is C21H34O3. The molecule has 0 bridgehead atoms. The number of ether oxygens (including phenoxy) is 1. The molecule has 0 aliphatic carbocycles. The minimum Gasteiger partial charge on any atom is -0.512 e. The van der Waals surface area contributed by atoms with Crippen LogP contribution in [0, 0.1) is 0 Å². The van der Waals surface area contributed by atoms with Crippen LogP contribution >= 0.6 is 0 Å². The molecule has 0 amide bonds. The second-order valence-electron chi connectivity index (χ2n) is 5.94. The summed E-state index contributed by atoms with van der Waals surface area (Å²) in [6.45, 7) is 5.95. The van der Waals surface area contributed by atoms with Crippen LogP contribution < -0.4 is 0 Å². The summed E-state index contributed by atoms with van der Waals surface area (Å²) in [6.07, 6.45) is 19.0. The largest absolute Gasteiger partial charge is 0.512 e. The highest BCUT2D eigenvalue weighted by atomic mass is 16.5. The van der Waals surface area contributed by atoms with E-state index < -0.39 is 0 Å². The topological polar surface area (TPSA) is 46.5 Å². The van der Waals surface area contributed by atoms with E-state index in [1.807, 2.05) is 6.08 Å². The third kappa shape index (κ3) is 12.7. The minimum atomic E-state index is 0.123. The smallest absolute Gasteiger partial charge is 0.155 e. The SMILES string of the molecule is C=C/C(=C\C(=C\O)OC)CCC(=O)/C=C/CCCCCCCCC. The Morgan fingerprint density at radius 1 is 1.08 bits per heavy atom. The van der Waals surface area contributed by atoms with Crippen molar-refractivity contribution in [2.24, 2.45) is 0 Å². The van der Waals surface area contributed by atoms with Crippen LogP contribution in [0.5, 0.6) is 0 Å². The minimum absolute atomic E-state index is 0.123. The second kappa shape index (κ2) is 16.1. The molecule has 0 unspecified atom stereocenters. The number of hydrogen-bond donors (Lipinski definition) is 1. The van der Waals surface area contributed by atoms with Gasteiger partial charge in [-0.25, -0.2) is 0 Å². The first-order chi connectivity index (χ1) is 11.7. The molecular weight excluding hydrogens is 300 g/mol. The fourth-order valence-corrected chi connectivity index (χ4v) is 2.35. The maximum atomic E-state index is 11.9. The van der Waals surface area contributed by atoms with E-state index in [4.69, 9.17) is 9.84 Å². The van der Waals surface area contributed by atoms with Crippen LogP contribution in [-0.4, -0.2) is 18.0 Å². The number of rotatable bonds is 15. The molecule has 0 aromatic heterocycles. The lowest BCUT2D eigenvalue weighted by Crippen LogP contribution is -1.94. The highest BCUT2D eigenvalue weighted by molar-refractivity contribution is 5.89. The standard InChI is InChI=1S/C21H34O3/c1-4-6-7-8-9-10-11-12-13-14-20(23)16-15-19(5-2)17-21(18-22)24-3/h5,13-14,17-18,22H,2,4,6-12,15-16H2,1,3H3/b14-13+,19-17+,21-18-. The van der Waals surface area contributed by atoms with Gasteiger partial charge in [0.1, 0.15) is 6.26 Å². The van der Waals surface area contributed by atoms with Crippen LogP contribution in [0.15, 0.2) is 48.5 Å². The normalized spacial score (nSPS) is 12.6. The highest BCUT2D eigenvalue weighted by Crippen LogP contribution is 2.12. The summed E-state index contributed by atoms with van der Waals surface area (Å²) in [5.41, 5.74) is 0.867. The Balaban J connectivity index is 3.90. The maximum absolute atomic E-state index is 11.9. The molecule has 0 aromatic rings. The zero-order valence-corrected chi connectivity index (χ0v) is 15.4. The number of ketones is 1. The predicted molar refractivity (Wildman–Crippen MR) is 102 cm³/mol. The van der Waals surface area contributed by atoms with Crippen molar-refractivity contribution in [1.82, 2.24) is 0 Å². The predicted octanol–water partition coefficient (Wildman–Crippen LogP) is 6.19. The Kier molecular flexibility index (Phi) is 14.9. The lowest BCUT2D eigenvalue weighted by Gasteiger charge is -2.03. The van der Waals surface area contributed by atoms with Crippen LogP contribution in [0.2, 0.25) is 0 Å². The van der Waals surface area contributed by atoms with Crippen molar-refractivity contribution in [1.29, 1.82) is 0 Å². The Hall–Kier alpha value is -1.77. The Labute approximate surface area is 147 Å². The summed E-state index contributed by atoms with van der Waals surface area (Å²) in [7, 11) is 1.48. The molecule has 136 valence electrons. The van der Waals surface area contributed by atoms with Crippen molar-refractivity contribution < 1.29 is 14.6 Å². The summed E-state index contributed by atoms with van der Waals surface area (Å²) in [5, 5.41) is 8.95. The zero-order chi connectivity index (χ0) is 18.0. The monoisotopic (exact) mass is 334 g/mol. The summed E-state index contributed by atoms with van der Waals surface area (Å²) in [6, 6.07) is 0. The zero-order valence-electron chi connectivity index (χ0n) is 15.4. The van der Waals surface area contributed by atoms with Gasteiger partial charge in [-0.05, 0) is 37.0 Å². The van der Waals surface area contributed by atoms with E-state index in [0.717, 1.165) is 24.7 Å². The quantitative estimate of drug-likeness (QED) is 0.168. The first-order valence-electron chi connectivity index (χ1n) is 9.08. The van der Waals surface area contributed by atoms with Gasteiger partial charge in [-0.3, -0.25) is 4.79 Å². The lowest BCUT2D eigenvalue weighted by atomic mass is 10.1. The second-order valence-corrected chi connectivity index (χ2v) is 5.94. The van der Waals surface area contributed by atoms with Gasteiger partial charge in [-0.1, -0.05) is 64.2 Å². The van der Waals surface area contributed by atoms with Crippen LogP contribution in [-0.2, 0) is 9.53 Å². The van der Waals surface area contributed by atoms with Gasteiger partial charge in [-0.15, -0.1) is 0 Å². The first-order valence-corrected chi connectivity index (χ1v) is 9.08. The number of methoxy groups -OCH3 is 1. The summed E-state index contributed by atoms with van der Waals surface area (Å²) in [4.78, 5) is 11.9. The molecule has 0 aromatic carbocycles.